The van der Waals surface area contributed by atoms with E-state index in [0.717, 1.165) is 126 Å². The summed E-state index contributed by atoms with van der Waals surface area (Å²) in [5, 5.41) is 97.1. The molecular weight excluding hydrogens is 1850 g/mol. The lowest BCUT2D eigenvalue weighted by atomic mass is 9.43. The molecule has 0 aromatic rings. The third-order valence-electron chi connectivity index (χ3n) is 46.9. The van der Waals surface area contributed by atoms with E-state index in [0.29, 0.717) is 124 Å². The minimum atomic E-state index is -0.831. The first kappa shape index (κ1) is 118. The molecule has 0 amide bonds. The molecule has 8 saturated carbocycles. The Labute approximate surface area is 890 Å². The molecule has 19 heteroatoms. The van der Waals surface area contributed by atoms with Crippen LogP contribution in [0.2, 0.25) is 0 Å². The zero-order valence-electron chi connectivity index (χ0n) is 96.6. The summed E-state index contributed by atoms with van der Waals surface area (Å²) in [4.78, 5) is 87.7. The minimum absolute atomic E-state index is 0.0228. The molecule has 826 valence electrons. The smallest absolute Gasteiger partial charge is 0.306 e. The Hall–Kier alpha value is -6.87. The van der Waals surface area contributed by atoms with Crippen molar-refractivity contribution in [3.05, 3.63) is 142 Å². The van der Waals surface area contributed by atoms with E-state index in [1.54, 1.807) is 6.92 Å². The van der Waals surface area contributed by atoms with Gasteiger partial charge in [0.15, 0.2) is 0 Å². The predicted octanol–water partition coefficient (Wildman–Crippen LogP) is 26.6. The van der Waals surface area contributed by atoms with Crippen LogP contribution in [0.3, 0.4) is 0 Å². The van der Waals surface area contributed by atoms with E-state index < -0.39 is 69.5 Å². The predicted molar refractivity (Wildman–Crippen MR) is 587 cm³/mol. The van der Waals surface area contributed by atoms with Crippen molar-refractivity contribution in [3.8, 4) is 0 Å². The Kier molecular flexibility index (Phi) is 34.1. The monoisotopic (exact) mass is 2050 g/mol. The van der Waals surface area contributed by atoms with Gasteiger partial charge in [-0.05, 0) is 357 Å². The highest BCUT2D eigenvalue weighted by Gasteiger charge is 2.74. The Balaban J connectivity index is 0.000000165. The van der Waals surface area contributed by atoms with Gasteiger partial charge in [0.05, 0.1) is 54.9 Å². The molecule has 148 heavy (non-hydrogen) atoms. The molecule has 0 radical (unpaired) electrons. The minimum Gasteiger partial charge on any atom is -0.481 e. The number of rotatable bonds is 28. The van der Waals surface area contributed by atoms with Gasteiger partial charge in [-0.3, -0.25) is 33.6 Å². The van der Waals surface area contributed by atoms with E-state index in [1.165, 1.54) is 70.9 Å². The third kappa shape index (κ3) is 19.5. The summed E-state index contributed by atoms with van der Waals surface area (Å²) in [5.74, 6) is -1.68. The summed E-state index contributed by atoms with van der Waals surface area (Å²) in [6, 6.07) is 0. The first-order valence-electron chi connectivity index (χ1n) is 57.6. The van der Waals surface area contributed by atoms with Gasteiger partial charge in [-0.2, -0.15) is 0 Å². The molecule has 0 bridgehead atoms. The molecule has 0 saturated heterocycles. The van der Waals surface area contributed by atoms with Gasteiger partial charge in [-0.1, -0.05) is 270 Å². The number of Topliss-reactive ketones (excluding diaryl/α,β-unsaturated/α-hetero) is 1. The molecule has 16 rings (SSSR count). The van der Waals surface area contributed by atoms with E-state index in [4.69, 9.17) is 14.2 Å². The summed E-state index contributed by atoms with van der Waals surface area (Å²) in [6.45, 7) is 77.8. The summed E-state index contributed by atoms with van der Waals surface area (Å²) >= 11 is 0. The van der Waals surface area contributed by atoms with Crippen molar-refractivity contribution < 1.29 is 93.7 Å². The molecule has 16 aliphatic rings. The molecule has 0 aliphatic heterocycles. The van der Waals surface area contributed by atoms with Gasteiger partial charge in [0.25, 0.3) is 0 Å². The van der Waals surface area contributed by atoms with Crippen molar-refractivity contribution in [3.63, 3.8) is 0 Å². The number of aliphatic hydroxyl groups is 6. The van der Waals surface area contributed by atoms with Gasteiger partial charge in [0, 0.05) is 59.7 Å². The third-order valence-corrected chi connectivity index (χ3v) is 46.9. The van der Waals surface area contributed by atoms with Crippen molar-refractivity contribution >= 4 is 41.6 Å². The Morgan fingerprint density at radius 2 is 0.709 bits per heavy atom. The average Bonchev–Trinajstić information content (AvgIpc) is 1.47. The fourth-order valence-electron chi connectivity index (χ4n) is 35.5. The fraction of sp³-hybridized carbons (Fsp3) is 0.760. The van der Waals surface area contributed by atoms with Gasteiger partial charge >= 0.3 is 35.8 Å². The second-order valence-electron chi connectivity index (χ2n) is 55.8. The van der Waals surface area contributed by atoms with Crippen LogP contribution >= 0.6 is 0 Å². The van der Waals surface area contributed by atoms with E-state index in [9.17, 15) is 79.5 Å². The highest BCUT2D eigenvalue weighted by molar-refractivity contribution is 5.79. The van der Waals surface area contributed by atoms with Crippen LogP contribution in [0.25, 0.3) is 0 Å². The van der Waals surface area contributed by atoms with Crippen molar-refractivity contribution in [2.45, 2.75) is 429 Å². The summed E-state index contributed by atoms with van der Waals surface area (Å²) in [5.41, 5.74) is 10.8. The maximum atomic E-state index is 13.2. The number of hydrogen-bond donors (Lipinski definition) is 9. The van der Waals surface area contributed by atoms with Gasteiger partial charge in [0.1, 0.15) is 24.1 Å². The highest BCUT2D eigenvalue weighted by atomic mass is 16.6. The Bertz CT molecular complexity index is 5370. The summed E-state index contributed by atoms with van der Waals surface area (Å²) < 4.78 is 18.0. The molecule has 33 atom stereocenters. The number of esters is 3. The van der Waals surface area contributed by atoms with Crippen LogP contribution in [0.5, 0.6) is 0 Å². The van der Waals surface area contributed by atoms with Crippen LogP contribution in [-0.4, -0.2) is 143 Å². The summed E-state index contributed by atoms with van der Waals surface area (Å²) in [7, 11) is 0. The maximum Gasteiger partial charge on any atom is 0.306 e. The van der Waals surface area contributed by atoms with E-state index in [-0.39, 0.29) is 157 Å². The number of carboxylic acids is 3. The SMILES string of the molecule is C=C(CC[C@@H](C(=O)O)[C@H]1C[C@H](O)[C@@]2(C)C3=CC[C@@H]4[C@H](CC[C@H](O)C4(C)C)C3=CC[C@]12C)C(C)C.C=C(CC[C@@H](C(=O)O)[C@H]1C[C@H](OC(C)=O)[C@@]2(C)C3=CC[C@@H]4[C@H](CC[C@H](O)C4(C)C)C3=CC[C@]12C)C(C)C.C=C(CC[C@@H](C(=O)O)[C@H]1[C@H](O)C[C@@]2(C)C3=CC[C@H]4[C@@](C)(CO)[C@@H](OC(C)=O)CC[C@]4(C)C3=CC[C@]12C)C(C)C.C=C(CC[C@@H](C(C)=O)[C@H]1C[C@H](OC(C)=O)[C@@]2(C)C3=CC[C@H]4C(C)(C)[C@@H](O)CC[C@]4(C)C3=CC[C@]12C)C(C)C. The number of carbonyl (C=O) groups excluding carboxylic acids is 4. The maximum absolute atomic E-state index is 13.2. The van der Waals surface area contributed by atoms with E-state index in [1.807, 2.05) is 0 Å². The number of ketones is 1. The quantitative estimate of drug-likeness (QED) is 0.0200. The average molecular weight is 2050 g/mol. The molecule has 16 aliphatic carbocycles. The van der Waals surface area contributed by atoms with Crippen molar-refractivity contribution in [1.29, 1.82) is 0 Å². The Morgan fingerprint density at radius 1 is 0.365 bits per heavy atom. The van der Waals surface area contributed by atoms with Crippen molar-refractivity contribution in [2.75, 3.05) is 6.61 Å². The molecule has 9 N–H and O–H groups in total. The number of allylic oxidation sites excluding steroid dienone is 17. The summed E-state index contributed by atoms with van der Waals surface area (Å²) in [6.07, 6.45) is 37.1. The lowest BCUT2D eigenvalue weighted by molar-refractivity contribution is -0.174. The molecular formula is C129H196O19. The molecule has 8 fully saturated rings. The second-order valence-corrected chi connectivity index (χ2v) is 55.8. The number of carbonyl (C=O) groups is 7. The zero-order chi connectivity index (χ0) is 110. The van der Waals surface area contributed by atoms with Crippen LogP contribution < -0.4 is 0 Å². The molecule has 0 spiro atoms. The number of aliphatic carboxylic acids is 3. The molecule has 0 aromatic carbocycles. The topological polar surface area (TPSA) is 329 Å². The zero-order valence-corrected chi connectivity index (χ0v) is 96.6. The van der Waals surface area contributed by atoms with Crippen LogP contribution in [0.4, 0.5) is 0 Å². The largest absolute Gasteiger partial charge is 0.481 e. The molecule has 0 heterocycles. The van der Waals surface area contributed by atoms with Gasteiger partial charge in [0.2, 0.25) is 0 Å². The molecule has 19 nitrogen and oxygen atoms in total. The molecule has 0 aromatic heterocycles. The lowest BCUT2D eigenvalue weighted by Gasteiger charge is -2.61. The number of carboxylic acid groups (broad SMARTS) is 3. The van der Waals surface area contributed by atoms with E-state index in [2.05, 4.69) is 248 Å². The van der Waals surface area contributed by atoms with Gasteiger partial charge in [-0.25, -0.2) is 0 Å². The van der Waals surface area contributed by atoms with Crippen LogP contribution in [-0.2, 0) is 47.8 Å². The van der Waals surface area contributed by atoms with Crippen LogP contribution in [0.15, 0.2) is 142 Å². The number of aliphatic hydroxyl groups excluding tert-OH is 6. The second kappa shape index (κ2) is 42.7. The first-order chi connectivity index (χ1) is 68.5. The Morgan fingerprint density at radius 3 is 1.14 bits per heavy atom. The van der Waals surface area contributed by atoms with Crippen molar-refractivity contribution in [1.82, 2.24) is 0 Å². The van der Waals surface area contributed by atoms with E-state index >= 15 is 0 Å². The first-order valence-corrected chi connectivity index (χ1v) is 57.6. The molecule has 0 unspecified atom stereocenters. The normalized spacial score (nSPS) is 40.7. The van der Waals surface area contributed by atoms with Crippen molar-refractivity contribution in [2.24, 2.45) is 182 Å². The standard InChI is InChI=1S/C34H52O4.C33H50O6.C32H48O5.C30H46O4/c1-20(2)21(3)11-12-24(22(4)35)27-19-30(38-23(5)36)34(10)26-13-14-28-31(6,7)29(37)16-17-32(28,8)25(26)15-18-33(27,34)9;1-19(2)20(3)9-10-22(29(37)38)28-25(36)17-33(8)24-11-12-26-30(5,23(24)13-16-32(28,33)7)15-14-27(39-21(4)35)31(26,6)18-34;1-18(2)19(3)9-10-23(29(35)36)26-17-28(37-20(4)33)32(8)25-13-12-24-21(11-14-27(34)30(24,5)6)22(25)15-16-31(26,32)7;1-17(2)18(3)8-9-21(27(33)34)24-16-26(32)30(7)23-12-11-22-19(10-13-25(31)28(22,4)5)20(23)14-15-29(24,30)6/h13,15,20,24,27-30,37H,3,11-12,14,16-19H2,1-2,4-10H3;11,13,19,22,25-28,34,36H,3,9-10,12,14-18H2,1-2,4-8H3,(H,37,38);13,15,18,21,23-24,26-28,34H,3,9-12,14,16-17H2,1-2,4-8H3,(H,35,36);12,14,17,19,21-22,24-26,31-32H,3,8-11,13,15-16H2,1-2,4-7H3,(H,33,34)/t24-,27+,28-,29-,30-,32+,33+,34+;22-,25-,26-,27+,28+,30-,31-,32-,33+;21-,23-,24-,26-,27+,28+,31-,32-;19-,21-,22-,24-,25+,26+,29-,30-/m0111/s1. The number of fused-ring (bicyclic) bond motifs is 20. The van der Waals surface area contributed by atoms with Crippen LogP contribution in [0.1, 0.15) is 381 Å². The highest BCUT2D eigenvalue weighted by Crippen LogP contribution is 2.78. The lowest BCUT2D eigenvalue weighted by Crippen LogP contribution is -2.57. The number of ether oxygens (including phenoxy) is 3. The van der Waals surface area contributed by atoms with Gasteiger partial charge < -0.3 is 60.2 Å². The van der Waals surface area contributed by atoms with Crippen LogP contribution in [0, 0.1) is 182 Å². The van der Waals surface area contributed by atoms with Gasteiger partial charge in [-0.15, -0.1) is 0 Å². The number of hydrogen-bond acceptors (Lipinski definition) is 16. The fourth-order valence-corrected chi connectivity index (χ4v) is 35.5.